The van der Waals surface area contributed by atoms with Gasteiger partial charge in [0.1, 0.15) is 0 Å². The molecule has 1 aliphatic rings. The van der Waals surface area contributed by atoms with E-state index in [-0.39, 0.29) is 31.3 Å². The second kappa shape index (κ2) is 9.82. The van der Waals surface area contributed by atoms with E-state index in [1.807, 2.05) is 13.0 Å². The van der Waals surface area contributed by atoms with E-state index in [2.05, 4.69) is 5.32 Å². The Kier molecular flexibility index (Phi) is 6.88. The summed E-state index contributed by atoms with van der Waals surface area (Å²) in [6, 6.07) is 18.8. The summed E-state index contributed by atoms with van der Waals surface area (Å²) < 4.78 is 38.5. The van der Waals surface area contributed by atoms with Crippen LogP contribution in [0.2, 0.25) is 5.02 Å². The molecule has 0 fully saturated rings. The predicted octanol–water partition coefficient (Wildman–Crippen LogP) is 3.88. The molecule has 0 unspecified atom stereocenters. The Labute approximate surface area is 197 Å². The number of aryl methyl sites for hydroxylation is 1. The van der Waals surface area contributed by atoms with Crippen molar-refractivity contribution in [1.82, 2.24) is 9.62 Å². The molecule has 3 aromatic carbocycles. The first-order valence-electron chi connectivity index (χ1n) is 10.3. The highest BCUT2D eigenvalue weighted by atomic mass is 35.5. The fourth-order valence-electron chi connectivity index (χ4n) is 3.35. The molecule has 0 bridgehead atoms. The summed E-state index contributed by atoms with van der Waals surface area (Å²) in [6.07, 6.45) is 0. The number of halogens is 1. The molecule has 3 aromatic rings. The van der Waals surface area contributed by atoms with E-state index in [1.54, 1.807) is 60.7 Å². The van der Waals surface area contributed by atoms with Gasteiger partial charge in [-0.05, 0) is 54.4 Å². The minimum atomic E-state index is -3.91. The van der Waals surface area contributed by atoms with Crippen molar-refractivity contribution in [1.29, 1.82) is 0 Å². The average molecular weight is 487 g/mol. The topological polar surface area (TPSA) is 84.9 Å². The molecule has 0 radical (unpaired) electrons. The normalized spacial score (nSPS) is 12.7. The lowest BCUT2D eigenvalue weighted by Gasteiger charge is -2.22. The van der Waals surface area contributed by atoms with Crippen molar-refractivity contribution < 1.29 is 22.7 Å². The van der Waals surface area contributed by atoms with Crippen LogP contribution in [-0.4, -0.2) is 32.0 Å². The second-order valence-electron chi connectivity index (χ2n) is 7.68. The van der Waals surface area contributed by atoms with Crippen molar-refractivity contribution in [3.8, 4) is 11.5 Å². The highest BCUT2D eigenvalue weighted by Crippen LogP contribution is 2.32. The lowest BCUT2D eigenvalue weighted by molar-refractivity contribution is -0.121. The van der Waals surface area contributed by atoms with Gasteiger partial charge in [-0.2, -0.15) is 4.31 Å². The summed E-state index contributed by atoms with van der Waals surface area (Å²) in [7, 11) is -3.91. The highest BCUT2D eigenvalue weighted by Gasteiger charge is 2.27. The average Bonchev–Trinajstić information content (AvgIpc) is 3.27. The molecule has 0 saturated heterocycles. The summed E-state index contributed by atoms with van der Waals surface area (Å²) in [6.45, 7) is 1.98. The summed E-state index contributed by atoms with van der Waals surface area (Å²) in [5.41, 5.74) is 2.48. The molecule has 4 rings (SSSR count). The SMILES string of the molecule is Cc1ccc(S(=O)(=O)N(CC(=O)NCc2ccc3c(c2)OCO3)Cc2ccc(Cl)cc2)cc1. The Morgan fingerprint density at radius 2 is 1.64 bits per heavy atom. The Morgan fingerprint density at radius 3 is 2.36 bits per heavy atom. The van der Waals surface area contributed by atoms with Crippen LogP contribution in [0.15, 0.2) is 71.6 Å². The molecular weight excluding hydrogens is 464 g/mol. The van der Waals surface area contributed by atoms with Gasteiger partial charge in [0, 0.05) is 18.1 Å². The number of amides is 1. The van der Waals surface area contributed by atoms with Gasteiger partial charge < -0.3 is 14.8 Å². The zero-order valence-electron chi connectivity index (χ0n) is 18.0. The van der Waals surface area contributed by atoms with E-state index in [1.165, 1.54) is 0 Å². The number of hydrogen-bond donors (Lipinski definition) is 1. The number of sulfonamides is 1. The van der Waals surface area contributed by atoms with Crippen LogP contribution >= 0.6 is 11.6 Å². The Balaban J connectivity index is 1.50. The van der Waals surface area contributed by atoms with Gasteiger partial charge in [-0.1, -0.05) is 47.5 Å². The van der Waals surface area contributed by atoms with Crippen molar-refractivity contribution in [2.75, 3.05) is 13.3 Å². The van der Waals surface area contributed by atoms with Gasteiger partial charge in [-0.25, -0.2) is 8.42 Å². The molecule has 0 saturated carbocycles. The molecule has 0 aromatic heterocycles. The lowest BCUT2D eigenvalue weighted by atomic mass is 10.2. The van der Waals surface area contributed by atoms with E-state index < -0.39 is 15.9 Å². The van der Waals surface area contributed by atoms with E-state index in [9.17, 15) is 13.2 Å². The van der Waals surface area contributed by atoms with Gasteiger partial charge in [0.2, 0.25) is 22.7 Å². The van der Waals surface area contributed by atoms with Crippen LogP contribution in [-0.2, 0) is 27.9 Å². The molecule has 0 aliphatic carbocycles. The van der Waals surface area contributed by atoms with E-state index in [0.717, 1.165) is 21.0 Å². The largest absolute Gasteiger partial charge is 0.454 e. The predicted molar refractivity (Wildman–Crippen MR) is 125 cm³/mol. The Hall–Kier alpha value is -3.07. The fraction of sp³-hybridized carbons (Fsp3) is 0.208. The molecule has 1 aliphatic heterocycles. The van der Waals surface area contributed by atoms with Crippen molar-refractivity contribution in [2.45, 2.75) is 24.9 Å². The number of carbonyl (C=O) groups excluding carboxylic acids is 1. The van der Waals surface area contributed by atoms with Crippen LogP contribution in [0.25, 0.3) is 0 Å². The lowest BCUT2D eigenvalue weighted by Crippen LogP contribution is -2.40. The second-order valence-corrected chi connectivity index (χ2v) is 10.1. The van der Waals surface area contributed by atoms with Crippen LogP contribution in [0, 0.1) is 6.92 Å². The molecule has 33 heavy (non-hydrogen) atoms. The Bertz CT molecular complexity index is 1240. The van der Waals surface area contributed by atoms with Gasteiger partial charge in [0.05, 0.1) is 11.4 Å². The Morgan fingerprint density at radius 1 is 0.970 bits per heavy atom. The third kappa shape index (κ3) is 5.65. The number of ether oxygens (including phenoxy) is 2. The zero-order chi connectivity index (χ0) is 23.4. The maximum absolute atomic E-state index is 13.3. The molecule has 1 heterocycles. The smallest absolute Gasteiger partial charge is 0.243 e. The maximum atomic E-state index is 13.3. The van der Waals surface area contributed by atoms with Crippen LogP contribution in [0.3, 0.4) is 0 Å². The van der Waals surface area contributed by atoms with Gasteiger partial charge in [0.15, 0.2) is 11.5 Å². The molecule has 1 N–H and O–H groups in total. The van der Waals surface area contributed by atoms with Gasteiger partial charge in [-0.15, -0.1) is 0 Å². The molecule has 172 valence electrons. The van der Waals surface area contributed by atoms with E-state index in [4.69, 9.17) is 21.1 Å². The van der Waals surface area contributed by atoms with Crippen LogP contribution < -0.4 is 14.8 Å². The van der Waals surface area contributed by atoms with Gasteiger partial charge in [-0.3, -0.25) is 4.79 Å². The number of fused-ring (bicyclic) bond motifs is 1. The molecule has 7 nitrogen and oxygen atoms in total. The summed E-state index contributed by atoms with van der Waals surface area (Å²) in [5, 5.41) is 3.33. The first-order chi connectivity index (χ1) is 15.8. The number of carbonyl (C=O) groups is 1. The minimum absolute atomic E-state index is 0.0326. The molecule has 9 heteroatoms. The van der Waals surface area contributed by atoms with Crippen molar-refractivity contribution in [2.24, 2.45) is 0 Å². The monoisotopic (exact) mass is 486 g/mol. The maximum Gasteiger partial charge on any atom is 0.243 e. The number of rotatable bonds is 8. The first-order valence-corrected chi connectivity index (χ1v) is 12.1. The first kappa shape index (κ1) is 23.1. The van der Waals surface area contributed by atoms with Crippen molar-refractivity contribution in [3.05, 3.63) is 88.4 Å². The van der Waals surface area contributed by atoms with E-state index in [0.29, 0.717) is 16.5 Å². The molecule has 1 amide bonds. The van der Waals surface area contributed by atoms with Gasteiger partial charge in [0.25, 0.3) is 0 Å². The number of hydrogen-bond acceptors (Lipinski definition) is 5. The van der Waals surface area contributed by atoms with Crippen LogP contribution in [0.1, 0.15) is 16.7 Å². The minimum Gasteiger partial charge on any atom is -0.454 e. The molecule has 0 spiro atoms. The quantitative estimate of drug-likeness (QED) is 0.522. The zero-order valence-corrected chi connectivity index (χ0v) is 19.5. The number of nitrogens with zero attached hydrogens (tertiary/aromatic N) is 1. The van der Waals surface area contributed by atoms with E-state index >= 15 is 0 Å². The highest BCUT2D eigenvalue weighted by molar-refractivity contribution is 7.89. The molecular formula is C24H23ClN2O5S. The van der Waals surface area contributed by atoms with Crippen LogP contribution in [0.4, 0.5) is 0 Å². The molecule has 0 atom stereocenters. The number of nitrogens with one attached hydrogen (secondary N) is 1. The standard InChI is InChI=1S/C24H23ClN2O5S/c1-17-2-9-21(10-3-17)33(29,30)27(14-18-4-7-20(25)8-5-18)15-24(28)26-13-19-6-11-22-23(12-19)32-16-31-22/h2-12H,13-16H2,1H3,(H,26,28). The van der Waals surface area contributed by atoms with Gasteiger partial charge >= 0.3 is 0 Å². The third-order valence-electron chi connectivity index (χ3n) is 5.18. The van der Waals surface area contributed by atoms with Crippen LogP contribution in [0.5, 0.6) is 11.5 Å². The van der Waals surface area contributed by atoms with Crippen molar-refractivity contribution in [3.63, 3.8) is 0 Å². The summed E-state index contributed by atoms with van der Waals surface area (Å²) in [4.78, 5) is 12.9. The van der Waals surface area contributed by atoms with Crippen molar-refractivity contribution >= 4 is 27.5 Å². The summed E-state index contributed by atoms with van der Waals surface area (Å²) >= 11 is 5.96. The fourth-order valence-corrected chi connectivity index (χ4v) is 4.86. The third-order valence-corrected chi connectivity index (χ3v) is 7.24. The summed E-state index contributed by atoms with van der Waals surface area (Å²) in [5.74, 6) is 0.855. The number of benzene rings is 3.